The fraction of sp³-hybridized carbons (Fsp3) is 0.333. The van der Waals surface area contributed by atoms with Crippen molar-refractivity contribution < 1.29 is 27.4 Å². The number of hydrogen-bond donors (Lipinski definition) is 0. The molecule has 0 aliphatic carbocycles. The fourth-order valence-electron chi connectivity index (χ4n) is 4.42. The number of ether oxygens (including phenoxy) is 3. The van der Waals surface area contributed by atoms with Gasteiger partial charge in [0.05, 0.1) is 5.56 Å². The molecule has 0 atom stereocenters. The van der Waals surface area contributed by atoms with Gasteiger partial charge in [-0.1, -0.05) is 36.4 Å². The van der Waals surface area contributed by atoms with Crippen LogP contribution in [0.2, 0.25) is 0 Å². The molecule has 0 amide bonds. The van der Waals surface area contributed by atoms with E-state index in [4.69, 9.17) is 14.2 Å². The molecule has 2 heterocycles. The highest BCUT2D eigenvalue weighted by Crippen LogP contribution is 2.37. The van der Waals surface area contributed by atoms with Crippen LogP contribution in [0.15, 0.2) is 66.7 Å². The maximum absolute atomic E-state index is 13.3. The standard InChI is InChI=1S/C27H27F3N2O3/c28-27(29,30)23-3-1-2-4-24(23)32-15-13-31(14-16-32)12-11-20-5-7-21(8-6-20)18-33-22-9-10-25-26(17-22)35-19-34-25/h1-10,17H,11-16,18-19H2. The average molecular weight is 485 g/mol. The van der Waals surface area contributed by atoms with Gasteiger partial charge in [0.15, 0.2) is 11.5 Å². The highest BCUT2D eigenvalue weighted by atomic mass is 19.4. The average Bonchev–Trinajstić information content (AvgIpc) is 3.35. The highest BCUT2D eigenvalue weighted by molar-refractivity contribution is 5.55. The number of rotatable bonds is 7. The topological polar surface area (TPSA) is 34.2 Å². The van der Waals surface area contributed by atoms with Crippen LogP contribution in [0, 0.1) is 0 Å². The van der Waals surface area contributed by atoms with Crippen LogP contribution in [0.25, 0.3) is 0 Å². The van der Waals surface area contributed by atoms with Crippen molar-refractivity contribution in [2.75, 3.05) is 44.4 Å². The zero-order valence-corrected chi connectivity index (χ0v) is 19.3. The first-order valence-electron chi connectivity index (χ1n) is 11.7. The summed E-state index contributed by atoms with van der Waals surface area (Å²) in [7, 11) is 0. The minimum Gasteiger partial charge on any atom is -0.489 e. The molecule has 5 nitrogen and oxygen atoms in total. The highest BCUT2D eigenvalue weighted by Gasteiger charge is 2.35. The smallest absolute Gasteiger partial charge is 0.418 e. The lowest BCUT2D eigenvalue weighted by Crippen LogP contribution is -2.47. The molecule has 0 N–H and O–H groups in total. The Bertz CT molecular complexity index is 1140. The molecule has 0 unspecified atom stereocenters. The number of nitrogens with zero attached hydrogens (tertiary/aromatic N) is 2. The fourth-order valence-corrected chi connectivity index (χ4v) is 4.42. The Balaban J connectivity index is 1.08. The first kappa shape index (κ1) is 23.4. The summed E-state index contributed by atoms with van der Waals surface area (Å²) in [6.07, 6.45) is -3.45. The van der Waals surface area contributed by atoms with Crippen molar-refractivity contribution in [3.63, 3.8) is 0 Å². The summed E-state index contributed by atoms with van der Waals surface area (Å²) in [5, 5.41) is 0. The molecule has 1 saturated heterocycles. The third kappa shape index (κ3) is 5.65. The van der Waals surface area contributed by atoms with E-state index in [1.807, 2.05) is 23.1 Å². The molecule has 2 aliphatic rings. The third-order valence-electron chi connectivity index (χ3n) is 6.41. The summed E-state index contributed by atoms with van der Waals surface area (Å²) in [6.45, 7) is 4.23. The van der Waals surface area contributed by atoms with E-state index in [2.05, 4.69) is 29.2 Å². The van der Waals surface area contributed by atoms with Crippen molar-refractivity contribution in [3.05, 3.63) is 83.4 Å². The quantitative estimate of drug-likeness (QED) is 0.450. The van der Waals surface area contributed by atoms with E-state index >= 15 is 0 Å². The van der Waals surface area contributed by atoms with Crippen LogP contribution in [0.4, 0.5) is 18.9 Å². The van der Waals surface area contributed by atoms with Gasteiger partial charge in [-0.2, -0.15) is 13.2 Å². The molecule has 5 rings (SSSR count). The normalized spacial score (nSPS) is 15.9. The Labute approximate surface area is 202 Å². The molecule has 35 heavy (non-hydrogen) atoms. The van der Waals surface area contributed by atoms with Gasteiger partial charge in [-0.05, 0) is 41.8 Å². The monoisotopic (exact) mass is 484 g/mol. The zero-order chi connectivity index (χ0) is 24.3. The van der Waals surface area contributed by atoms with Crippen molar-refractivity contribution in [1.82, 2.24) is 4.90 Å². The largest absolute Gasteiger partial charge is 0.489 e. The first-order valence-corrected chi connectivity index (χ1v) is 11.7. The number of benzene rings is 3. The summed E-state index contributed by atoms with van der Waals surface area (Å²) >= 11 is 0. The van der Waals surface area contributed by atoms with Crippen LogP contribution < -0.4 is 19.1 Å². The molecule has 8 heteroatoms. The van der Waals surface area contributed by atoms with Crippen molar-refractivity contribution >= 4 is 5.69 Å². The molecular formula is C27H27F3N2O3. The summed E-state index contributed by atoms with van der Waals surface area (Å²) in [5.41, 5.74) is 2.01. The number of fused-ring (bicyclic) bond motifs is 1. The van der Waals surface area contributed by atoms with Crippen LogP contribution in [0.5, 0.6) is 17.2 Å². The van der Waals surface area contributed by atoms with E-state index in [0.717, 1.165) is 49.2 Å². The number of para-hydroxylation sites is 1. The van der Waals surface area contributed by atoms with Gasteiger partial charge in [0.2, 0.25) is 6.79 Å². The molecule has 3 aromatic carbocycles. The maximum Gasteiger partial charge on any atom is 0.418 e. The molecule has 0 spiro atoms. The Morgan fingerprint density at radius 3 is 2.29 bits per heavy atom. The van der Waals surface area contributed by atoms with E-state index in [1.54, 1.807) is 12.1 Å². The minimum atomic E-state index is -4.34. The van der Waals surface area contributed by atoms with Crippen LogP contribution >= 0.6 is 0 Å². The Hall–Kier alpha value is -3.39. The van der Waals surface area contributed by atoms with Crippen molar-refractivity contribution in [3.8, 4) is 17.2 Å². The van der Waals surface area contributed by atoms with E-state index in [0.29, 0.717) is 25.4 Å². The second-order valence-corrected chi connectivity index (χ2v) is 8.71. The van der Waals surface area contributed by atoms with Crippen LogP contribution in [0.3, 0.4) is 0 Å². The third-order valence-corrected chi connectivity index (χ3v) is 6.41. The van der Waals surface area contributed by atoms with Crippen molar-refractivity contribution in [2.45, 2.75) is 19.2 Å². The van der Waals surface area contributed by atoms with E-state index < -0.39 is 11.7 Å². The number of hydrogen-bond acceptors (Lipinski definition) is 5. The minimum absolute atomic E-state index is 0.238. The molecule has 3 aromatic rings. The summed E-state index contributed by atoms with van der Waals surface area (Å²) in [5.74, 6) is 2.16. The van der Waals surface area contributed by atoms with Gasteiger partial charge in [-0.3, -0.25) is 4.90 Å². The van der Waals surface area contributed by atoms with Crippen molar-refractivity contribution in [2.24, 2.45) is 0 Å². The molecule has 2 aliphatic heterocycles. The number of anilines is 1. The Morgan fingerprint density at radius 1 is 0.800 bits per heavy atom. The van der Waals surface area contributed by atoms with Gasteiger partial charge in [0.1, 0.15) is 12.4 Å². The summed E-state index contributed by atoms with van der Waals surface area (Å²) < 4.78 is 56.6. The Morgan fingerprint density at radius 2 is 1.51 bits per heavy atom. The second kappa shape index (κ2) is 10.1. The zero-order valence-electron chi connectivity index (χ0n) is 19.3. The van der Waals surface area contributed by atoms with Gasteiger partial charge in [0, 0.05) is 44.5 Å². The maximum atomic E-state index is 13.3. The van der Waals surface area contributed by atoms with Gasteiger partial charge in [0.25, 0.3) is 0 Å². The second-order valence-electron chi connectivity index (χ2n) is 8.71. The molecule has 0 bridgehead atoms. The molecule has 1 fully saturated rings. The predicted molar refractivity (Wildman–Crippen MR) is 127 cm³/mol. The van der Waals surface area contributed by atoms with Gasteiger partial charge in [-0.15, -0.1) is 0 Å². The van der Waals surface area contributed by atoms with E-state index in [1.165, 1.54) is 11.6 Å². The van der Waals surface area contributed by atoms with Gasteiger partial charge >= 0.3 is 6.18 Å². The lowest BCUT2D eigenvalue weighted by atomic mass is 10.1. The SMILES string of the molecule is FC(F)(F)c1ccccc1N1CCN(CCc2ccc(COc3ccc4c(c3)OCO4)cc2)CC1. The lowest BCUT2D eigenvalue weighted by molar-refractivity contribution is -0.137. The lowest BCUT2D eigenvalue weighted by Gasteiger charge is -2.37. The number of alkyl halides is 3. The molecule has 0 radical (unpaired) electrons. The summed E-state index contributed by atoms with van der Waals surface area (Å²) in [4.78, 5) is 4.15. The van der Waals surface area contributed by atoms with Crippen LogP contribution in [0.1, 0.15) is 16.7 Å². The number of halogens is 3. The molecule has 0 saturated carbocycles. The molecular weight excluding hydrogens is 457 g/mol. The van der Waals surface area contributed by atoms with E-state index in [9.17, 15) is 13.2 Å². The summed E-state index contributed by atoms with van der Waals surface area (Å²) in [6, 6.07) is 19.7. The van der Waals surface area contributed by atoms with Gasteiger partial charge < -0.3 is 19.1 Å². The predicted octanol–water partition coefficient (Wildman–Crippen LogP) is 5.38. The molecule has 0 aromatic heterocycles. The number of piperazine rings is 1. The van der Waals surface area contributed by atoms with E-state index in [-0.39, 0.29) is 12.5 Å². The van der Waals surface area contributed by atoms with Gasteiger partial charge in [-0.25, -0.2) is 0 Å². The van der Waals surface area contributed by atoms with Crippen molar-refractivity contribution in [1.29, 1.82) is 0 Å². The Kier molecular flexibility index (Phi) is 6.72. The molecule has 184 valence electrons. The first-order chi connectivity index (χ1) is 17.0. The van der Waals surface area contributed by atoms with Crippen LogP contribution in [-0.4, -0.2) is 44.4 Å². The van der Waals surface area contributed by atoms with Crippen LogP contribution in [-0.2, 0) is 19.2 Å².